The number of ether oxygens (including phenoxy) is 3. The summed E-state index contributed by atoms with van der Waals surface area (Å²) in [6.07, 6.45) is 2.99. The van der Waals surface area contributed by atoms with Crippen LogP contribution in [-0.4, -0.2) is 31.0 Å². The second-order valence-corrected chi connectivity index (χ2v) is 6.13. The SMILES string of the molecule is COC(=O)c1ccccc1-c1cc(C)nc(COC2CCCCO2)c1. The summed E-state index contributed by atoms with van der Waals surface area (Å²) in [5.41, 5.74) is 3.99. The van der Waals surface area contributed by atoms with Gasteiger partial charge in [0.1, 0.15) is 0 Å². The lowest BCUT2D eigenvalue weighted by atomic mass is 9.99. The number of esters is 1. The lowest BCUT2D eigenvalue weighted by Crippen LogP contribution is -2.22. The van der Waals surface area contributed by atoms with E-state index in [1.54, 1.807) is 6.07 Å². The summed E-state index contributed by atoms with van der Waals surface area (Å²) in [6.45, 7) is 3.08. The minimum atomic E-state index is -0.349. The van der Waals surface area contributed by atoms with E-state index in [9.17, 15) is 4.79 Å². The molecule has 0 N–H and O–H groups in total. The molecule has 0 bridgehead atoms. The lowest BCUT2D eigenvalue weighted by molar-refractivity contribution is -0.169. The Balaban J connectivity index is 1.83. The van der Waals surface area contributed by atoms with Crippen LogP contribution in [0.1, 0.15) is 41.0 Å². The zero-order valence-corrected chi connectivity index (χ0v) is 14.7. The van der Waals surface area contributed by atoms with Gasteiger partial charge in [0.15, 0.2) is 6.29 Å². The van der Waals surface area contributed by atoms with E-state index in [4.69, 9.17) is 14.2 Å². The van der Waals surface area contributed by atoms with Gasteiger partial charge in [-0.25, -0.2) is 4.79 Å². The molecule has 1 unspecified atom stereocenters. The normalized spacial score (nSPS) is 17.3. The van der Waals surface area contributed by atoms with Crippen LogP contribution in [0.4, 0.5) is 0 Å². The van der Waals surface area contributed by atoms with Crippen molar-refractivity contribution in [1.29, 1.82) is 0 Å². The number of carbonyl (C=O) groups excluding carboxylic acids is 1. The highest BCUT2D eigenvalue weighted by atomic mass is 16.7. The number of rotatable bonds is 5. The largest absolute Gasteiger partial charge is 0.465 e. The molecule has 1 aliphatic heterocycles. The molecule has 132 valence electrons. The Hall–Kier alpha value is -2.24. The van der Waals surface area contributed by atoms with Gasteiger partial charge in [-0.1, -0.05) is 18.2 Å². The Labute approximate surface area is 147 Å². The first kappa shape index (κ1) is 17.6. The number of benzene rings is 1. The number of hydrogen-bond acceptors (Lipinski definition) is 5. The van der Waals surface area contributed by atoms with Crippen molar-refractivity contribution in [3.05, 3.63) is 53.3 Å². The third-order valence-corrected chi connectivity index (χ3v) is 4.20. The first-order valence-electron chi connectivity index (χ1n) is 8.56. The standard InChI is InChI=1S/C20H23NO4/c1-14-11-15(17-7-3-4-8-18(17)20(22)23-2)12-16(21-14)13-25-19-9-5-6-10-24-19/h3-4,7-8,11-12,19H,5-6,9-10,13H2,1-2H3. The Kier molecular flexibility index (Phi) is 5.79. The maximum atomic E-state index is 12.0. The number of pyridine rings is 1. The first-order chi connectivity index (χ1) is 12.2. The number of carbonyl (C=O) groups is 1. The summed E-state index contributed by atoms with van der Waals surface area (Å²) in [6, 6.07) is 11.3. The highest BCUT2D eigenvalue weighted by molar-refractivity contribution is 5.97. The molecular weight excluding hydrogens is 318 g/mol. The predicted octanol–water partition coefficient (Wildman–Crippen LogP) is 3.89. The highest BCUT2D eigenvalue weighted by Gasteiger charge is 2.16. The molecule has 5 heteroatoms. The smallest absolute Gasteiger partial charge is 0.338 e. The molecule has 1 aliphatic rings. The second kappa shape index (κ2) is 8.23. The van der Waals surface area contributed by atoms with E-state index in [0.29, 0.717) is 12.2 Å². The molecular formula is C20H23NO4. The van der Waals surface area contributed by atoms with Crippen LogP contribution in [0.15, 0.2) is 36.4 Å². The summed E-state index contributed by atoms with van der Waals surface area (Å²) in [5.74, 6) is -0.349. The van der Waals surface area contributed by atoms with Gasteiger partial charge >= 0.3 is 5.97 Å². The third-order valence-electron chi connectivity index (χ3n) is 4.20. The Bertz CT molecular complexity index is 738. The van der Waals surface area contributed by atoms with Crippen LogP contribution in [0, 0.1) is 6.92 Å². The summed E-state index contributed by atoms with van der Waals surface area (Å²) in [7, 11) is 1.39. The molecule has 0 spiro atoms. The van der Waals surface area contributed by atoms with Crippen molar-refractivity contribution in [2.75, 3.05) is 13.7 Å². The number of hydrogen-bond donors (Lipinski definition) is 0. The monoisotopic (exact) mass is 341 g/mol. The fraction of sp³-hybridized carbons (Fsp3) is 0.400. The molecule has 3 rings (SSSR count). The van der Waals surface area contributed by atoms with Crippen molar-refractivity contribution in [2.24, 2.45) is 0 Å². The lowest BCUT2D eigenvalue weighted by Gasteiger charge is -2.22. The van der Waals surface area contributed by atoms with Crippen molar-refractivity contribution in [3.63, 3.8) is 0 Å². The van der Waals surface area contributed by atoms with Gasteiger partial charge in [-0.05, 0) is 55.5 Å². The van der Waals surface area contributed by atoms with Crippen LogP contribution in [0.5, 0.6) is 0 Å². The molecule has 1 aromatic heterocycles. The predicted molar refractivity (Wildman–Crippen MR) is 94.1 cm³/mol. The van der Waals surface area contributed by atoms with Gasteiger partial charge < -0.3 is 14.2 Å². The quantitative estimate of drug-likeness (QED) is 0.772. The molecule has 1 fully saturated rings. The second-order valence-electron chi connectivity index (χ2n) is 6.13. The summed E-state index contributed by atoms with van der Waals surface area (Å²) < 4.78 is 16.3. The first-order valence-corrected chi connectivity index (χ1v) is 8.56. The van der Waals surface area contributed by atoms with Gasteiger partial charge in [0.05, 0.1) is 25.0 Å². The van der Waals surface area contributed by atoms with Crippen LogP contribution in [0.3, 0.4) is 0 Å². The van der Waals surface area contributed by atoms with Gasteiger partial charge in [-0.15, -0.1) is 0 Å². The van der Waals surface area contributed by atoms with Crippen LogP contribution in [0.2, 0.25) is 0 Å². The molecule has 2 aromatic rings. The van der Waals surface area contributed by atoms with E-state index in [2.05, 4.69) is 4.98 Å². The van der Waals surface area contributed by atoms with E-state index >= 15 is 0 Å². The number of aryl methyl sites for hydroxylation is 1. The molecule has 0 amide bonds. The molecule has 1 aromatic carbocycles. The van der Waals surface area contributed by atoms with Crippen LogP contribution in [0.25, 0.3) is 11.1 Å². The van der Waals surface area contributed by atoms with E-state index < -0.39 is 0 Å². The molecule has 25 heavy (non-hydrogen) atoms. The zero-order valence-electron chi connectivity index (χ0n) is 14.7. The Morgan fingerprint density at radius 3 is 2.88 bits per heavy atom. The van der Waals surface area contributed by atoms with Crippen LogP contribution >= 0.6 is 0 Å². The van der Waals surface area contributed by atoms with Crippen molar-refractivity contribution in [3.8, 4) is 11.1 Å². The van der Waals surface area contributed by atoms with Gasteiger partial charge in [0.25, 0.3) is 0 Å². The van der Waals surface area contributed by atoms with Crippen LogP contribution < -0.4 is 0 Å². The molecule has 1 atom stereocenters. The van der Waals surface area contributed by atoms with Gasteiger partial charge in [-0.2, -0.15) is 0 Å². The minimum absolute atomic E-state index is 0.151. The summed E-state index contributed by atoms with van der Waals surface area (Å²) in [5, 5.41) is 0. The van der Waals surface area contributed by atoms with Crippen molar-refractivity contribution in [2.45, 2.75) is 39.1 Å². The van der Waals surface area contributed by atoms with Crippen molar-refractivity contribution >= 4 is 5.97 Å². The van der Waals surface area contributed by atoms with E-state index in [0.717, 1.165) is 48.4 Å². The molecule has 5 nitrogen and oxygen atoms in total. The van der Waals surface area contributed by atoms with Gasteiger partial charge in [0.2, 0.25) is 0 Å². The summed E-state index contributed by atoms with van der Waals surface area (Å²) >= 11 is 0. The Morgan fingerprint density at radius 1 is 1.28 bits per heavy atom. The van der Waals surface area contributed by atoms with E-state index in [1.807, 2.05) is 37.3 Å². The minimum Gasteiger partial charge on any atom is -0.465 e. The van der Waals surface area contributed by atoms with E-state index in [1.165, 1.54) is 7.11 Å². The fourth-order valence-corrected chi connectivity index (χ4v) is 3.01. The molecule has 1 saturated heterocycles. The fourth-order valence-electron chi connectivity index (χ4n) is 3.01. The Morgan fingerprint density at radius 2 is 2.12 bits per heavy atom. The van der Waals surface area contributed by atoms with Gasteiger partial charge in [-0.3, -0.25) is 4.98 Å². The topological polar surface area (TPSA) is 57.7 Å². The molecule has 0 saturated carbocycles. The maximum absolute atomic E-state index is 12.0. The zero-order chi connectivity index (χ0) is 17.6. The van der Waals surface area contributed by atoms with Gasteiger partial charge in [0, 0.05) is 12.3 Å². The number of aromatic nitrogens is 1. The van der Waals surface area contributed by atoms with Crippen LogP contribution in [-0.2, 0) is 20.8 Å². The maximum Gasteiger partial charge on any atom is 0.338 e. The molecule has 0 radical (unpaired) electrons. The van der Waals surface area contributed by atoms with Crippen molar-refractivity contribution in [1.82, 2.24) is 4.98 Å². The molecule has 0 aliphatic carbocycles. The van der Waals surface area contributed by atoms with E-state index in [-0.39, 0.29) is 12.3 Å². The third kappa shape index (κ3) is 4.44. The average molecular weight is 341 g/mol. The highest BCUT2D eigenvalue weighted by Crippen LogP contribution is 2.26. The average Bonchev–Trinajstić information content (AvgIpc) is 2.66. The number of nitrogens with zero attached hydrogens (tertiary/aromatic N) is 1. The van der Waals surface area contributed by atoms with Crippen molar-refractivity contribution < 1.29 is 19.0 Å². The summed E-state index contributed by atoms with van der Waals surface area (Å²) in [4.78, 5) is 16.6. The number of methoxy groups -OCH3 is 1. The molecule has 2 heterocycles.